The summed E-state index contributed by atoms with van der Waals surface area (Å²) in [6, 6.07) is 3.35. The number of ether oxygens (including phenoxy) is 3. The van der Waals surface area contributed by atoms with Crippen LogP contribution in [0.4, 0.5) is 5.95 Å². The van der Waals surface area contributed by atoms with Crippen LogP contribution in [0.3, 0.4) is 0 Å². The Morgan fingerprint density at radius 1 is 1.20 bits per heavy atom. The second kappa shape index (κ2) is 11.7. The normalized spacial score (nSPS) is 14.1. The van der Waals surface area contributed by atoms with E-state index in [0.29, 0.717) is 23.5 Å². The summed E-state index contributed by atoms with van der Waals surface area (Å²) in [4.78, 5) is 40.5. The van der Waals surface area contributed by atoms with E-state index in [1.54, 1.807) is 12.1 Å². The number of hydrogen-bond acceptors (Lipinski definition) is 10. The number of benzene rings is 1. The minimum absolute atomic E-state index is 0.0459. The Hall–Kier alpha value is -3.61. The average Bonchev–Trinajstić information content (AvgIpc) is 2.89. The zero-order chi connectivity index (χ0) is 24.6. The van der Waals surface area contributed by atoms with E-state index in [-0.39, 0.29) is 35.7 Å². The van der Waals surface area contributed by atoms with Crippen molar-refractivity contribution in [3.63, 3.8) is 0 Å². The number of nitrogens with one attached hydrogen (secondary N) is 1. The Bertz CT molecular complexity index is 1210. The van der Waals surface area contributed by atoms with Gasteiger partial charge >= 0.3 is 0 Å². The van der Waals surface area contributed by atoms with Gasteiger partial charge in [-0.1, -0.05) is 0 Å². The first kappa shape index (κ1) is 24.5. The smallest absolute Gasteiger partial charge is 0.262 e. The maximum absolute atomic E-state index is 13.3. The van der Waals surface area contributed by atoms with Crippen LogP contribution in [0.5, 0.6) is 11.5 Å². The number of anilines is 1. The first-order valence-electron chi connectivity index (χ1n) is 11.4. The molecule has 1 aromatic carbocycles. The van der Waals surface area contributed by atoms with E-state index < -0.39 is 5.91 Å². The predicted octanol–water partition coefficient (Wildman–Crippen LogP) is 0.507. The summed E-state index contributed by atoms with van der Waals surface area (Å²) in [7, 11) is 1.49. The van der Waals surface area contributed by atoms with Crippen molar-refractivity contribution in [1.82, 2.24) is 24.4 Å². The van der Waals surface area contributed by atoms with E-state index >= 15 is 0 Å². The van der Waals surface area contributed by atoms with Gasteiger partial charge in [-0.15, -0.1) is 0 Å². The molecule has 186 valence electrons. The zero-order valence-electron chi connectivity index (χ0n) is 19.6. The highest BCUT2D eigenvalue weighted by Crippen LogP contribution is 2.34. The third-order valence-electron chi connectivity index (χ3n) is 5.63. The molecule has 0 spiro atoms. The summed E-state index contributed by atoms with van der Waals surface area (Å²) in [6.45, 7) is 5.08. The lowest BCUT2D eigenvalue weighted by molar-refractivity contribution is 0.0357. The summed E-state index contributed by atoms with van der Waals surface area (Å²) in [6.07, 6.45) is 4.90. The SMILES string of the molecule is COc1c(OCCCN2CCOCC2)ccc2c(=O)n(CCN)c(NC(=O)c3cncnc3)nc12. The molecule has 1 aliphatic heterocycles. The Morgan fingerprint density at radius 3 is 2.69 bits per heavy atom. The third-order valence-corrected chi connectivity index (χ3v) is 5.63. The Balaban J connectivity index is 1.60. The number of hydrogen-bond donors (Lipinski definition) is 2. The van der Waals surface area contributed by atoms with Gasteiger partial charge in [0.15, 0.2) is 11.5 Å². The fraction of sp³-hybridized carbons (Fsp3) is 0.435. The van der Waals surface area contributed by atoms with E-state index in [0.717, 1.165) is 39.3 Å². The van der Waals surface area contributed by atoms with Gasteiger partial charge in [-0.2, -0.15) is 0 Å². The molecule has 2 aromatic heterocycles. The third kappa shape index (κ3) is 5.73. The van der Waals surface area contributed by atoms with Crippen molar-refractivity contribution in [3.8, 4) is 11.5 Å². The number of amides is 1. The molecule has 0 atom stereocenters. The van der Waals surface area contributed by atoms with Crippen molar-refractivity contribution in [3.05, 3.63) is 46.8 Å². The molecule has 1 amide bonds. The molecular formula is C23H29N7O5. The predicted molar refractivity (Wildman–Crippen MR) is 129 cm³/mol. The van der Waals surface area contributed by atoms with E-state index in [9.17, 15) is 9.59 Å². The highest BCUT2D eigenvalue weighted by molar-refractivity contribution is 6.03. The van der Waals surface area contributed by atoms with Gasteiger partial charge < -0.3 is 19.9 Å². The number of carbonyl (C=O) groups is 1. The minimum Gasteiger partial charge on any atom is -0.491 e. The number of nitrogens with two attached hydrogens (primary N) is 1. The van der Waals surface area contributed by atoms with Crippen LogP contribution in [0.15, 0.2) is 35.6 Å². The standard InChI is InChI=1S/C23H29N7O5/c1-33-20-18(35-10-2-6-29-8-11-34-12-9-29)4-3-17-19(20)27-23(30(7-5-24)22(17)32)28-21(31)16-13-25-15-26-14-16/h3-4,13-15H,2,5-12,24H2,1H3,(H,27,28,31). The van der Waals surface area contributed by atoms with Crippen LogP contribution in [-0.2, 0) is 11.3 Å². The van der Waals surface area contributed by atoms with Crippen LogP contribution in [-0.4, -0.2) is 83.4 Å². The lowest BCUT2D eigenvalue weighted by atomic mass is 10.2. The number of methoxy groups -OCH3 is 1. The lowest BCUT2D eigenvalue weighted by Crippen LogP contribution is -2.37. The molecule has 0 aliphatic carbocycles. The van der Waals surface area contributed by atoms with Gasteiger partial charge in [-0.05, 0) is 18.6 Å². The van der Waals surface area contributed by atoms with Crippen LogP contribution in [0.25, 0.3) is 10.9 Å². The second-order valence-corrected chi connectivity index (χ2v) is 7.91. The highest BCUT2D eigenvalue weighted by Gasteiger charge is 2.20. The van der Waals surface area contributed by atoms with E-state index in [2.05, 4.69) is 25.2 Å². The molecule has 4 rings (SSSR count). The first-order valence-corrected chi connectivity index (χ1v) is 11.4. The summed E-state index contributed by atoms with van der Waals surface area (Å²) in [5.74, 6) is 0.338. The molecule has 0 bridgehead atoms. The fourth-order valence-corrected chi connectivity index (χ4v) is 3.87. The Kier molecular flexibility index (Phi) is 8.19. The number of rotatable bonds is 10. The van der Waals surface area contributed by atoms with Crippen molar-refractivity contribution >= 4 is 22.8 Å². The molecule has 35 heavy (non-hydrogen) atoms. The van der Waals surface area contributed by atoms with Gasteiger partial charge in [0.25, 0.3) is 11.5 Å². The van der Waals surface area contributed by atoms with Crippen LogP contribution < -0.4 is 26.1 Å². The van der Waals surface area contributed by atoms with Gasteiger partial charge in [-0.3, -0.25) is 24.4 Å². The van der Waals surface area contributed by atoms with Crippen molar-refractivity contribution in [2.75, 3.05) is 58.4 Å². The van der Waals surface area contributed by atoms with Crippen molar-refractivity contribution < 1.29 is 19.0 Å². The van der Waals surface area contributed by atoms with E-state index in [1.165, 1.54) is 30.4 Å². The molecule has 0 saturated carbocycles. The topological polar surface area (TPSA) is 147 Å². The lowest BCUT2D eigenvalue weighted by Gasteiger charge is -2.26. The molecule has 12 heteroatoms. The molecule has 3 N–H and O–H groups in total. The van der Waals surface area contributed by atoms with Gasteiger partial charge in [0, 0.05) is 45.1 Å². The average molecular weight is 484 g/mol. The maximum atomic E-state index is 13.3. The number of fused-ring (bicyclic) bond motifs is 1. The molecule has 12 nitrogen and oxygen atoms in total. The van der Waals surface area contributed by atoms with Crippen LogP contribution in [0.2, 0.25) is 0 Å². The quantitative estimate of drug-likeness (QED) is 0.391. The summed E-state index contributed by atoms with van der Waals surface area (Å²) in [5, 5.41) is 3.00. The zero-order valence-corrected chi connectivity index (χ0v) is 19.6. The Labute approximate surface area is 202 Å². The molecular weight excluding hydrogens is 454 g/mol. The van der Waals surface area contributed by atoms with Crippen LogP contribution in [0, 0.1) is 0 Å². The fourth-order valence-electron chi connectivity index (χ4n) is 3.87. The summed E-state index contributed by atoms with van der Waals surface area (Å²) >= 11 is 0. The first-order chi connectivity index (χ1) is 17.1. The highest BCUT2D eigenvalue weighted by atomic mass is 16.5. The molecule has 3 aromatic rings. The van der Waals surface area contributed by atoms with E-state index in [4.69, 9.17) is 19.9 Å². The molecule has 1 saturated heterocycles. The number of morpholine rings is 1. The molecule has 3 heterocycles. The van der Waals surface area contributed by atoms with Gasteiger partial charge in [0.05, 0.1) is 37.9 Å². The second-order valence-electron chi connectivity index (χ2n) is 7.91. The van der Waals surface area contributed by atoms with Gasteiger partial charge in [0.1, 0.15) is 11.8 Å². The summed E-state index contributed by atoms with van der Waals surface area (Å²) < 4.78 is 18.3. The van der Waals surface area contributed by atoms with Gasteiger partial charge in [-0.25, -0.2) is 15.0 Å². The molecule has 0 radical (unpaired) electrons. The van der Waals surface area contributed by atoms with Crippen LogP contribution in [0.1, 0.15) is 16.8 Å². The molecule has 0 unspecified atom stereocenters. The largest absolute Gasteiger partial charge is 0.491 e. The number of aromatic nitrogens is 4. The monoisotopic (exact) mass is 483 g/mol. The summed E-state index contributed by atoms with van der Waals surface area (Å²) in [5.41, 5.74) is 5.88. The van der Waals surface area contributed by atoms with E-state index in [1.807, 2.05) is 0 Å². The van der Waals surface area contributed by atoms with Crippen molar-refractivity contribution in [1.29, 1.82) is 0 Å². The Morgan fingerprint density at radius 2 is 1.97 bits per heavy atom. The van der Waals surface area contributed by atoms with Crippen molar-refractivity contribution in [2.24, 2.45) is 5.73 Å². The number of carbonyl (C=O) groups excluding carboxylic acids is 1. The minimum atomic E-state index is -0.503. The van der Waals surface area contributed by atoms with Crippen LogP contribution >= 0.6 is 0 Å². The van der Waals surface area contributed by atoms with Gasteiger partial charge in [0.2, 0.25) is 5.95 Å². The van der Waals surface area contributed by atoms with Crippen molar-refractivity contribution in [2.45, 2.75) is 13.0 Å². The molecule has 1 fully saturated rings. The maximum Gasteiger partial charge on any atom is 0.262 e. The molecule has 1 aliphatic rings. The number of nitrogens with zero attached hydrogens (tertiary/aromatic N) is 5.